The van der Waals surface area contributed by atoms with Crippen LogP contribution in [0.3, 0.4) is 0 Å². The number of alkyl carbamates (subject to hydrolysis) is 1. The highest BCUT2D eigenvalue weighted by Gasteiger charge is 2.36. The number of aromatic nitrogens is 2. The number of carbonyl (C=O) groups excluding carboxylic acids is 3. The number of hydrogen-bond acceptors (Lipinski definition) is 9. The van der Waals surface area contributed by atoms with Crippen molar-refractivity contribution >= 4 is 40.6 Å². The number of urea groups is 1. The molecule has 1 aliphatic rings. The van der Waals surface area contributed by atoms with Crippen LogP contribution in [0, 0.1) is 5.92 Å². The van der Waals surface area contributed by atoms with E-state index in [9.17, 15) is 14.4 Å². The van der Waals surface area contributed by atoms with E-state index in [-0.39, 0.29) is 30.4 Å². The molecule has 1 saturated heterocycles. The van der Waals surface area contributed by atoms with Gasteiger partial charge in [0.2, 0.25) is 0 Å². The third kappa shape index (κ3) is 11.7. The van der Waals surface area contributed by atoms with Gasteiger partial charge in [0.25, 0.3) is 0 Å². The van der Waals surface area contributed by atoms with Gasteiger partial charge in [0, 0.05) is 56.6 Å². The van der Waals surface area contributed by atoms with E-state index in [1.807, 2.05) is 48.8 Å². The van der Waals surface area contributed by atoms with E-state index in [0.717, 1.165) is 33.1 Å². The zero-order valence-electron chi connectivity index (χ0n) is 30.1. The van der Waals surface area contributed by atoms with Crippen LogP contribution >= 0.6 is 22.7 Å². The molecule has 12 heteroatoms. The fourth-order valence-corrected chi connectivity index (χ4v) is 7.81. The van der Waals surface area contributed by atoms with E-state index in [0.29, 0.717) is 57.8 Å². The van der Waals surface area contributed by atoms with Crippen molar-refractivity contribution in [2.45, 2.75) is 77.1 Å². The predicted octanol–water partition coefficient (Wildman–Crippen LogP) is 7.03. The largest absolute Gasteiger partial charge is 0.444 e. The summed E-state index contributed by atoms with van der Waals surface area (Å²) in [6.45, 7) is 6.48. The van der Waals surface area contributed by atoms with Gasteiger partial charge in [-0.05, 0) is 49.8 Å². The summed E-state index contributed by atoms with van der Waals surface area (Å²) in [5, 5.41) is 6.17. The Morgan fingerprint density at radius 3 is 2.33 bits per heavy atom. The van der Waals surface area contributed by atoms with Crippen LogP contribution in [-0.2, 0) is 35.5 Å². The second kappa shape index (κ2) is 18.9. The SMILES string of the molecule is CC(C)c1nc(CN(C)C(=O)N2CCN(C)C[C@@H]2C(=O)C[C@@H](CC[C@H](Cc2ccccc2)NC(=O)OCc2cncs2)Cc2ccccc2)cs1. The quantitative estimate of drug-likeness (QED) is 0.132. The Hall–Kier alpha value is -4.13. The first-order valence-electron chi connectivity index (χ1n) is 17.7. The lowest BCUT2D eigenvalue weighted by Crippen LogP contribution is -2.59. The maximum atomic E-state index is 14.3. The van der Waals surface area contributed by atoms with Crippen LogP contribution in [0.15, 0.2) is 77.8 Å². The molecule has 51 heavy (non-hydrogen) atoms. The van der Waals surface area contributed by atoms with Crippen LogP contribution in [0.2, 0.25) is 0 Å². The van der Waals surface area contributed by atoms with Crippen LogP contribution in [0.25, 0.3) is 0 Å². The molecule has 1 fully saturated rings. The molecule has 1 aliphatic heterocycles. The zero-order valence-corrected chi connectivity index (χ0v) is 31.7. The number of nitrogens with one attached hydrogen (secondary N) is 1. The van der Waals surface area contributed by atoms with Gasteiger partial charge in [-0.2, -0.15) is 0 Å². The highest BCUT2D eigenvalue weighted by atomic mass is 32.1. The molecule has 3 amide bonds. The molecule has 0 saturated carbocycles. The van der Waals surface area contributed by atoms with Gasteiger partial charge in [0.05, 0.1) is 27.6 Å². The average molecular weight is 731 g/mol. The van der Waals surface area contributed by atoms with Gasteiger partial charge in [0.15, 0.2) is 5.78 Å². The summed E-state index contributed by atoms with van der Waals surface area (Å²) in [6.07, 6.45) is 4.30. The fraction of sp³-hybridized carbons (Fsp3) is 0.462. The van der Waals surface area contributed by atoms with Crippen LogP contribution < -0.4 is 5.32 Å². The van der Waals surface area contributed by atoms with Crippen molar-refractivity contribution in [3.8, 4) is 0 Å². The average Bonchev–Trinajstić information content (AvgIpc) is 3.83. The molecule has 2 aromatic carbocycles. The topological polar surface area (TPSA) is 108 Å². The summed E-state index contributed by atoms with van der Waals surface area (Å²) < 4.78 is 5.53. The van der Waals surface area contributed by atoms with Gasteiger partial charge in [-0.1, -0.05) is 74.5 Å². The molecule has 0 unspecified atom stereocenters. The molecule has 0 radical (unpaired) electrons. The number of Topliss-reactive ketones (excluding diaryl/α,β-unsaturated/α-hetero) is 1. The first kappa shape index (κ1) is 38.1. The monoisotopic (exact) mass is 730 g/mol. The maximum Gasteiger partial charge on any atom is 0.407 e. The van der Waals surface area contributed by atoms with Crippen molar-refractivity contribution in [3.63, 3.8) is 0 Å². The van der Waals surface area contributed by atoms with E-state index in [1.165, 1.54) is 11.3 Å². The van der Waals surface area contributed by atoms with Gasteiger partial charge >= 0.3 is 12.1 Å². The number of benzene rings is 2. The van der Waals surface area contributed by atoms with Crippen LogP contribution in [-0.4, -0.2) is 88.4 Å². The van der Waals surface area contributed by atoms with Gasteiger partial charge in [-0.25, -0.2) is 14.6 Å². The van der Waals surface area contributed by atoms with E-state index < -0.39 is 12.1 Å². The molecule has 0 aliphatic carbocycles. The normalized spacial score (nSPS) is 16.1. The fourth-order valence-electron chi connectivity index (χ4n) is 6.48. The molecule has 1 N–H and O–H groups in total. The number of piperazine rings is 1. The zero-order chi connectivity index (χ0) is 36.2. The van der Waals surface area contributed by atoms with E-state index in [1.54, 1.807) is 39.9 Å². The summed E-state index contributed by atoms with van der Waals surface area (Å²) in [7, 11) is 3.79. The molecular formula is C39H50N6O4S2. The Kier molecular flexibility index (Phi) is 14.1. The highest BCUT2D eigenvalue weighted by molar-refractivity contribution is 7.09. The Balaban J connectivity index is 1.28. The summed E-state index contributed by atoms with van der Waals surface area (Å²) in [5.41, 5.74) is 4.85. The molecule has 0 spiro atoms. The molecule has 3 heterocycles. The molecular weight excluding hydrogens is 681 g/mol. The number of thiazole rings is 2. The van der Waals surface area contributed by atoms with Crippen molar-refractivity contribution in [2.24, 2.45) is 5.92 Å². The minimum atomic E-state index is -0.543. The second-order valence-corrected chi connectivity index (χ2v) is 15.7. The van der Waals surface area contributed by atoms with Crippen molar-refractivity contribution in [1.29, 1.82) is 0 Å². The molecule has 10 nitrogen and oxygen atoms in total. The third-order valence-corrected chi connectivity index (χ3v) is 11.2. The van der Waals surface area contributed by atoms with Gasteiger partial charge in [0.1, 0.15) is 12.6 Å². The van der Waals surface area contributed by atoms with Crippen LogP contribution in [0.4, 0.5) is 9.59 Å². The summed E-state index contributed by atoms with van der Waals surface area (Å²) >= 11 is 3.06. The van der Waals surface area contributed by atoms with Gasteiger partial charge in [-0.15, -0.1) is 22.7 Å². The minimum absolute atomic E-state index is 0.0135. The highest BCUT2D eigenvalue weighted by Crippen LogP contribution is 2.25. The maximum absolute atomic E-state index is 14.3. The number of likely N-dealkylation sites (N-methyl/N-ethyl adjacent to an activating group) is 1. The minimum Gasteiger partial charge on any atom is -0.444 e. The van der Waals surface area contributed by atoms with Crippen LogP contribution in [0.5, 0.6) is 0 Å². The number of ketones is 1. The Morgan fingerprint density at radius 2 is 1.69 bits per heavy atom. The lowest BCUT2D eigenvalue weighted by Gasteiger charge is -2.41. The number of hydrogen-bond donors (Lipinski definition) is 1. The number of ether oxygens (including phenoxy) is 1. The molecule has 3 atom stereocenters. The van der Waals surface area contributed by atoms with Gasteiger partial charge < -0.3 is 24.8 Å². The lowest BCUT2D eigenvalue weighted by molar-refractivity contribution is -0.126. The Bertz CT molecular complexity index is 1670. The van der Waals surface area contributed by atoms with Gasteiger partial charge in [-0.3, -0.25) is 9.78 Å². The van der Waals surface area contributed by atoms with E-state index in [2.05, 4.69) is 53.3 Å². The molecule has 2 aromatic heterocycles. The molecule has 272 valence electrons. The predicted molar refractivity (Wildman–Crippen MR) is 203 cm³/mol. The van der Waals surface area contributed by atoms with Crippen molar-refractivity contribution in [1.82, 2.24) is 30.0 Å². The molecule has 4 aromatic rings. The summed E-state index contributed by atoms with van der Waals surface area (Å²) in [5.74, 6) is 0.414. The van der Waals surface area contributed by atoms with E-state index in [4.69, 9.17) is 9.72 Å². The Labute approximate surface area is 309 Å². The van der Waals surface area contributed by atoms with Crippen molar-refractivity contribution in [2.75, 3.05) is 33.7 Å². The second-order valence-electron chi connectivity index (χ2n) is 13.8. The number of carbonyl (C=O) groups is 3. The molecule has 0 bridgehead atoms. The first-order chi connectivity index (χ1) is 24.6. The van der Waals surface area contributed by atoms with Crippen LogP contribution in [0.1, 0.15) is 65.7 Å². The standard InChI is InChI=1S/C39H50N6O4S2/c1-28(2)37-41-33(26-50-37)23-44(4)39(48)45-18-17-43(3)24-35(45)36(46)21-31(19-29-11-7-5-8-12-29)15-16-32(20-30-13-9-6-10-14-30)42-38(47)49-25-34-22-40-27-51-34/h5-14,22,26-28,31-32,35H,15-21,23-25H2,1-4H3,(H,42,47)/t31-,32+,35+/m0/s1. The number of nitrogens with zero attached hydrogens (tertiary/aromatic N) is 5. The molecule has 5 rings (SSSR count). The lowest BCUT2D eigenvalue weighted by atomic mass is 9.86. The smallest absolute Gasteiger partial charge is 0.407 e. The number of rotatable bonds is 16. The van der Waals surface area contributed by atoms with E-state index >= 15 is 0 Å². The number of amides is 3. The Morgan fingerprint density at radius 1 is 0.980 bits per heavy atom. The van der Waals surface area contributed by atoms with Crippen molar-refractivity contribution in [3.05, 3.63) is 104 Å². The summed E-state index contributed by atoms with van der Waals surface area (Å²) in [4.78, 5) is 56.3. The first-order valence-corrected chi connectivity index (χ1v) is 19.5. The summed E-state index contributed by atoms with van der Waals surface area (Å²) in [6, 6.07) is 19.4. The third-order valence-electron chi connectivity index (χ3n) is 9.25. The van der Waals surface area contributed by atoms with Crippen molar-refractivity contribution < 1.29 is 19.1 Å².